The van der Waals surface area contributed by atoms with Crippen LogP contribution in [-0.4, -0.2) is 18.5 Å². The van der Waals surface area contributed by atoms with E-state index in [0.717, 1.165) is 5.56 Å². The maximum Gasteiger partial charge on any atom is 0.310 e. The lowest BCUT2D eigenvalue weighted by Gasteiger charge is -2.09. The van der Waals surface area contributed by atoms with Gasteiger partial charge in [0.1, 0.15) is 5.82 Å². The van der Waals surface area contributed by atoms with Crippen molar-refractivity contribution in [2.24, 2.45) is 0 Å². The van der Waals surface area contributed by atoms with Crippen LogP contribution in [0.2, 0.25) is 5.02 Å². The van der Waals surface area contributed by atoms with Gasteiger partial charge in [0.25, 0.3) is 5.91 Å². The number of carbonyl (C=O) groups is 2. The Kier molecular flexibility index (Phi) is 5.71. The molecular weight excluding hydrogens is 321 g/mol. The van der Waals surface area contributed by atoms with E-state index < -0.39 is 11.9 Å². The fourth-order valence-electron chi connectivity index (χ4n) is 1.92. The highest BCUT2D eigenvalue weighted by molar-refractivity contribution is 6.30. The van der Waals surface area contributed by atoms with Gasteiger partial charge < -0.3 is 10.1 Å². The smallest absolute Gasteiger partial charge is 0.310 e. The summed E-state index contributed by atoms with van der Waals surface area (Å²) < 4.78 is 17.7. The zero-order valence-electron chi connectivity index (χ0n) is 12.4. The first-order valence-corrected chi connectivity index (χ1v) is 7.28. The van der Waals surface area contributed by atoms with Crippen LogP contribution in [0.25, 0.3) is 0 Å². The van der Waals surface area contributed by atoms with Crippen molar-refractivity contribution in [2.45, 2.75) is 13.3 Å². The van der Waals surface area contributed by atoms with E-state index in [1.807, 2.05) is 6.92 Å². The van der Waals surface area contributed by atoms with Gasteiger partial charge in [-0.15, -0.1) is 0 Å². The Hall–Kier alpha value is -2.40. The van der Waals surface area contributed by atoms with Crippen LogP contribution < -0.4 is 5.32 Å². The third kappa shape index (κ3) is 5.38. The number of halogens is 2. The molecule has 6 heteroatoms. The van der Waals surface area contributed by atoms with Gasteiger partial charge >= 0.3 is 5.97 Å². The molecule has 0 fully saturated rings. The van der Waals surface area contributed by atoms with Crippen molar-refractivity contribution >= 4 is 29.2 Å². The predicted molar refractivity (Wildman–Crippen MR) is 85.9 cm³/mol. The summed E-state index contributed by atoms with van der Waals surface area (Å²) in [5.74, 6) is -1.37. The summed E-state index contributed by atoms with van der Waals surface area (Å²) in [4.78, 5) is 23.4. The van der Waals surface area contributed by atoms with Crippen LogP contribution in [0.1, 0.15) is 11.1 Å². The summed E-state index contributed by atoms with van der Waals surface area (Å²) in [7, 11) is 0. The largest absolute Gasteiger partial charge is 0.455 e. The molecule has 0 bridgehead atoms. The Balaban J connectivity index is 1.81. The third-order valence-corrected chi connectivity index (χ3v) is 3.32. The molecule has 0 saturated heterocycles. The van der Waals surface area contributed by atoms with E-state index in [9.17, 15) is 14.0 Å². The van der Waals surface area contributed by atoms with Crippen LogP contribution in [0.5, 0.6) is 0 Å². The summed E-state index contributed by atoms with van der Waals surface area (Å²) >= 11 is 5.84. The first kappa shape index (κ1) is 17.0. The number of aryl methyl sites for hydroxylation is 1. The Morgan fingerprint density at radius 1 is 1.17 bits per heavy atom. The highest BCUT2D eigenvalue weighted by Crippen LogP contribution is 2.19. The van der Waals surface area contributed by atoms with Gasteiger partial charge in [0.15, 0.2) is 6.61 Å². The van der Waals surface area contributed by atoms with Gasteiger partial charge in [0, 0.05) is 10.7 Å². The minimum absolute atomic E-state index is 0.0203. The number of hydrogen-bond donors (Lipinski definition) is 1. The molecule has 23 heavy (non-hydrogen) atoms. The summed E-state index contributed by atoms with van der Waals surface area (Å²) in [5.41, 5.74) is 2.03. The molecule has 4 nitrogen and oxygen atoms in total. The summed E-state index contributed by atoms with van der Waals surface area (Å²) in [6, 6.07) is 10.6. The van der Waals surface area contributed by atoms with E-state index in [-0.39, 0.29) is 18.8 Å². The van der Waals surface area contributed by atoms with E-state index in [2.05, 4.69) is 5.32 Å². The van der Waals surface area contributed by atoms with Crippen molar-refractivity contribution < 1.29 is 18.7 Å². The minimum Gasteiger partial charge on any atom is -0.455 e. The van der Waals surface area contributed by atoms with Crippen LogP contribution in [0.3, 0.4) is 0 Å². The van der Waals surface area contributed by atoms with Crippen LogP contribution in [-0.2, 0) is 20.7 Å². The zero-order chi connectivity index (χ0) is 16.8. The normalized spacial score (nSPS) is 10.2. The number of benzene rings is 2. The Labute approximate surface area is 138 Å². The quantitative estimate of drug-likeness (QED) is 0.851. The SMILES string of the molecule is Cc1cc(Cl)ccc1NC(=O)COC(=O)Cc1ccc(F)cc1. The van der Waals surface area contributed by atoms with Gasteiger partial charge in [-0.25, -0.2) is 4.39 Å². The van der Waals surface area contributed by atoms with Crippen molar-refractivity contribution in [3.8, 4) is 0 Å². The van der Waals surface area contributed by atoms with E-state index in [0.29, 0.717) is 16.3 Å². The van der Waals surface area contributed by atoms with Crippen molar-refractivity contribution in [3.63, 3.8) is 0 Å². The molecule has 120 valence electrons. The van der Waals surface area contributed by atoms with Gasteiger partial charge in [-0.3, -0.25) is 9.59 Å². The van der Waals surface area contributed by atoms with Gasteiger partial charge in [-0.05, 0) is 48.4 Å². The van der Waals surface area contributed by atoms with E-state index >= 15 is 0 Å². The van der Waals surface area contributed by atoms with Gasteiger partial charge in [-0.1, -0.05) is 23.7 Å². The first-order valence-electron chi connectivity index (χ1n) is 6.90. The predicted octanol–water partition coefficient (Wildman–Crippen LogP) is 3.51. The fraction of sp³-hybridized carbons (Fsp3) is 0.176. The average molecular weight is 336 g/mol. The third-order valence-electron chi connectivity index (χ3n) is 3.09. The molecule has 0 aromatic heterocycles. The monoisotopic (exact) mass is 335 g/mol. The highest BCUT2D eigenvalue weighted by atomic mass is 35.5. The number of ether oxygens (including phenoxy) is 1. The number of rotatable bonds is 5. The summed E-state index contributed by atoms with van der Waals surface area (Å²) in [5, 5.41) is 3.21. The molecule has 0 aliphatic carbocycles. The second-order valence-electron chi connectivity index (χ2n) is 4.97. The van der Waals surface area contributed by atoms with Crippen molar-refractivity contribution in [2.75, 3.05) is 11.9 Å². The highest BCUT2D eigenvalue weighted by Gasteiger charge is 2.10. The van der Waals surface area contributed by atoms with Crippen molar-refractivity contribution in [1.82, 2.24) is 0 Å². The number of nitrogens with one attached hydrogen (secondary N) is 1. The van der Waals surface area contributed by atoms with Crippen molar-refractivity contribution in [1.29, 1.82) is 0 Å². The maximum atomic E-state index is 12.8. The molecule has 0 radical (unpaired) electrons. The molecule has 2 aromatic carbocycles. The molecule has 1 amide bonds. The molecule has 0 unspecified atom stereocenters. The molecule has 2 rings (SSSR count). The molecule has 0 atom stereocenters. The van der Waals surface area contributed by atoms with Crippen molar-refractivity contribution in [3.05, 3.63) is 64.4 Å². The zero-order valence-corrected chi connectivity index (χ0v) is 13.2. The van der Waals surface area contributed by atoms with Crippen LogP contribution in [0.15, 0.2) is 42.5 Å². The Bertz CT molecular complexity index is 716. The van der Waals surface area contributed by atoms with Crippen LogP contribution in [0.4, 0.5) is 10.1 Å². The standard InChI is InChI=1S/C17H15ClFNO3/c1-11-8-13(18)4-7-15(11)20-16(21)10-23-17(22)9-12-2-5-14(19)6-3-12/h2-8H,9-10H2,1H3,(H,20,21). The molecule has 0 aliphatic heterocycles. The molecule has 0 saturated carbocycles. The van der Waals surface area contributed by atoms with Gasteiger partial charge in [0.05, 0.1) is 6.42 Å². The average Bonchev–Trinajstić information content (AvgIpc) is 2.50. The molecule has 0 aliphatic rings. The number of hydrogen-bond acceptors (Lipinski definition) is 3. The van der Waals surface area contributed by atoms with Gasteiger partial charge in [0.2, 0.25) is 0 Å². The molecule has 0 heterocycles. The lowest BCUT2D eigenvalue weighted by molar-refractivity contribution is -0.146. The number of anilines is 1. The topological polar surface area (TPSA) is 55.4 Å². The fourth-order valence-corrected chi connectivity index (χ4v) is 2.15. The molecular formula is C17H15ClFNO3. The Morgan fingerprint density at radius 2 is 1.87 bits per heavy atom. The van der Waals surface area contributed by atoms with E-state index in [1.54, 1.807) is 18.2 Å². The van der Waals surface area contributed by atoms with Crippen LogP contribution >= 0.6 is 11.6 Å². The molecule has 1 N–H and O–H groups in total. The first-order chi connectivity index (χ1) is 10.9. The summed E-state index contributed by atoms with van der Waals surface area (Å²) in [6.07, 6.45) is -0.0203. The van der Waals surface area contributed by atoms with E-state index in [4.69, 9.17) is 16.3 Å². The lowest BCUT2D eigenvalue weighted by atomic mass is 10.1. The minimum atomic E-state index is -0.556. The lowest BCUT2D eigenvalue weighted by Crippen LogP contribution is -2.22. The summed E-state index contributed by atoms with van der Waals surface area (Å²) in [6.45, 7) is 1.42. The Morgan fingerprint density at radius 3 is 2.52 bits per heavy atom. The maximum absolute atomic E-state index is 12.8. The second-order valence-corrected chi connectivity index (χ2v) is 5.41. The number of esters is 1. The molecule has 0 spiro atoms. The van der Waals surface area contributed by atoms with Gasteiger partial charge in [-0.2, -0.15) is 0 Å². The van der Waals surface area contributed by atoms with Crippen LogP contribution in [0, 0.1) is 12.7 Å². The van der Waals surface area contributed by atoms with E-state index in [1.165, 1.54) is 24.3 Å². The molecule has 2 aromatic rings. The number of carbonyl (C=O) groups excluding carboxylic acids is 2. The number of amides is 1. The second kappa shape index (κ2) is 7.74.